The molecular formula is C24H18N2O. The van der Waals surface area contributed by atoms with Crippen LogP contribution in [0.15, 0.2) is 89.7 Å². The standard InChI is InChI=1S/C24H18N2O/c1-26-19-15-9-8-14-18(19)21-23(26)20(16-10-4-2-5-11-16)22(25-24(21)27)17-12-6-3-7-13-17/h2-15H,1H3,(H,25,27). The lowest BCUT2D eigenvalue weighted by Crippen LogP contribution is -2.09. The molecule has 0 amide bonds. The van der Waals surface area contributed by atoms with Crippen molar-refractivity contribution in [3.05, 3.63) is 95.3 Å². The molecule has 0 aliphatic heterocycles. The van der Waals surface area contributed by atoms with E-state index in [0.29, 0.717) is 0 Å². The van der Waals surface area contributed by atoms with Crippen LogP contribution in [-0.2, 0) is 7.05 Å². The first kappa shape index (κ1) is 15.6. The first-order valence-electron chi connectivity index (χ1n) is 9.00. The van der Waals surface area contributed by atoms with E-state index in [0.717, 1.165) is 44.2 Å². The zero-order valence-corrected chi connectivity index (χ0v) is 14.9. The average Bonchev–Trinajstić information content (AvgIpc) is 3.03. The van der Waals surface area contributed by atoms with E-state index in [9.17, 15) is 4.79 Å². The molecule has 5 aromatic rings. The maximum absolute atomic E-state index is 13.1. The van der Waals surface area contributed by atoms with E-state index >= 15 is 0 Å². The second kappa shape index (κ2) is 5.99. The number of benzene rings is 3. The van der Waals surface area contributed by atoms with Crippen LogP contribution in [-0.4, -0.2) is 9.55 Å². The first-order chi connectivity index (χ1) is 13.3. The van der Waals surface area contributed by atoms with E-state index in [2.05, 4.69) is 27.8 Å². The van der Waals surface area contributed by atoms with Gasteiger partial charge in [-0.2, -0.15) is 0 Å². The van der Waals surface area contributed by atoms with E-state index in [1.807, 2.05) is 73.8 Å². The van der Waals surface area contributed by atoms with Gasteiger partial charge in [0.2, 0.25) is 0 Å². The molecule has 0 radical (unpaired) electrons. The van der Waals surface area contributed by atoms with Crippen molar-refractivity contribution in [1.29, 1.82) is 0 Å². The maximum atomic E-state index is 13.1. The van der Waals surface area contributed by atoms with E-state index in [1.54, 1.807) is 0 Å². The van der Waals surface area contributed by atoms with Gasteiger partial charge in [0.15, 0.2) is 0 Å². The van der Waals surface area contributed by atoms with Crippen molar-refractivity contribution in [2.45, 2.75) is 0 Å². The average molecular weight is 350 g/mol. The van der Waals surface area contributed by atoms with Crippen molar-refractivity contribution in [3.8, 4) is 22.4 Å². The zero-order valence-electron chi connectivity index (χ0n) is 14.9. The van der Waals surface area contributed by atoms with Gasteiger partial charge in [-0.3, -0.25) is 4.79 Å². The molecule has 27 heavy (non-hydrogen) atoms. The van der Waals surface area contributed by atoms with Crippen LogP contribution in [0.3, 0.4) is 0 Å². The van der Waals surface area contributed by atoms with Gasteiger partial charge in [-0.15, -0.1) is 0 Å². The fourth-order valence-corrected chi connectivity index (χ4v) is 3.98. The van der Waals surface area contributed by atoms with Crippen LogP contribution in [0.5, 0.6) is 0 Å². The van der Waals surface area contributed by atoms with Gasteiger partial charge in [0.25, 0.3) is 5.56 Å². The summed E-state index contributed by atoms with van der Waals surface area (Å²) in [5, 5.41) is 1.72. The molecule has 2 heterocycles. The number of aromatic amines is 1. The fourth-order valence-electron chi connectivity index (χ4n) is 3.98. The number of aromatic nitrogens is 2. The maximum Gasteiger partial charge on any atom is 0.258 e. The molecule has 130 valence electrons. The zero-order chi connectivity index (χ0) is 18.4. The van der Waals surface area contributed by atoms with Crippen molar-refractivity contribution in [2.75, 3.05) is 0 Å². The number of rotatable bonds is 2. The number of fused-ring (bicyclic) bond motifs is 3. The van der Waals surface area contributed by atoms with Crippen LogP contribution >= 0.6 is 0 Å². The summed E-state index contributed by atoms with van der Waals surface area (Å²) in [6.45, 7) is 0. The lowest BCUT2D eigenvalue weighted by atomic mass is 9.97. The van der Waals surface area contributed by atoms with E-state index in [-0.39, 0.29) is 5.56 Å². The predicted molar refractivity (Wildman–Crippen MR) is 112 cm³/mol. The summed E-state index contributed by atoms with van der Waals surface area (Å²) in [7, 11) is 2.03. The third-order valence-electron chi connectivity index (χ3n) is 5.18. The SMILES string of the molecule is Cn1c2ccccc2c2c(=O)[nH]c(-c3ccccc3)c(-c3ccccc3)c21. The molecule has 0 saturated carbocycles. The lowest BCUT2D eigenvalue weighted by molar-refractivity contribution is 1.01. The molecular weight excluding hydrogens is 332 g/mol. The molecule has 1 N–H and O–H groups in total. The minimum Gasteiger partial charge on any atom is -0.343 e. The summed E-state index contributed by atoms with van der Waals surface area (Å²) >= 11 is 0. The van der Waals surface area contributed by atoms with E-state index in [4.69, 9.17) is 0 Å². The van der Waals surface area contributed by atoms with Gasteiger partial charge in [0, 0.05) is 23.5 Å². The Kier molecular flexibility index (Phi) is 3.47. The van der Waals surface area contributed by atoms with Gasteiger partial charge >= 0.3 is 0 Å². The number of H-pyrrole nitrogens is 1. The summed E-state index contributed by atoms with van der Waals surface area (Å²) in [5.74, 6) is 0. The third kappa shape index (κ3) is 2.32. The van der Waals surface area contributed by atoms with Crippen LogP contribution in [0.4, 0.5) is 0 Å². The van der Waals surface area contributed by atoms with Crippen LogP contribution < -0.4 is 5.56 Å². The summed E-state index contributed by atoms with van der Waals surface area (Å²) in [6, 6.07) is 28.4. The number of hydrogen-bond donors (Lipinski definition) is 1. The van der Waals surface area contributed by atoms with Gasteiger partial charge in [-0.25, -0.2) is 0 Å². The third-order valence-corrected chi connectivity index (χ3v) is 5.18. The minimum atomic E-state index is -0.0552. The Balaban J connectivity index is 2.04. The quantitative estimate of drug-likeness (QED) is 0.458. The first-order valence-corrected chi connectivity index (χ1v) is 9.00. The van der Waals surface area contributed by atoms with Crippen molar-refractivity contribution < 1.29 is 0 Å². The Morgan fingerprint density at radius 1 is 0.741 bits per heavy atom. The Morgan fingerprint density at radius 3 is 2.04 bits per heavy atom. The molecule has 2 aromatic heterocycles. The molecule has 0 atom stereocenters. The van der Waals surface area contributed by atoms with Gasteiger partial charge in [0.1, 0.15) is 0 Å². The number of para-hydroxylation sites is 1. The Bertz CT molecular complexity index is 1330. The summed E-state index contributed by atoms with van der Waals surface area (Å²) in [6.07, 6.45) is 0. The largest absolute Gasteiger partial charge is 0.343 e. The molecule has 3 aromatic carbocycles. The highest BCUT2D eigenvalue weighted by atomic mass is 16.1. The monoisotopic (exact) mass is 350 g/mol. The van der Waals surface area contributed by atoms with E-state index < -0.39 is 0 Å². The van der Waals surface area contributed by atoms with Crippen LogP contribution in [0.2, 0.25) is 0 Å². The van der Waals surface area contributed by atoms with Crippen LogP contribution in [0.1, 0.15) is 0 Å². The van der Waals surface area contributed by atoms with Crippen molar-refractivity contribution in [1.82, 2.24) is 9.55 Å². The Labute approximate surface area is 156 Å². The number of nitrogens with zero attached hydrogens (tertiary/aromatic N) is 1. The van der Waals surface area contributed by atoms with Gasteiger partial charge < -0.3 is 9.55 Å². The van der Waals surface area contributed by atoms with Gasteiger partial charge in [0.05, 0.1) is 16.6 Å². The highest BCUT2D eigenvalue weighted by molar-refractivity contribution is 6.14. The second-order valence-corrected chi connectivity index (χ2v) is 6.74. The molecule has 0 spiro atoms. The normalized spacial score (nSPS) is 11.3. The van der Waals surface area contributed by atoms with Crippen LogP contribution in [0, 0.1) is 0 Å². The topological polar surface area (TPSA) is 37.8 Å². The summed E-state index contributed by atoms with van der Waals surface area (Å²) in [5.41, 5.74) is 5.95. The number of hydrogen-bond acceptors (Lipinski definition) is 1. The minimum absolute atomic E-state index is 0.0552. The predicted octanol–water partition coefficient (Wildman–Crippen LogP) is 5.35. The molecule has 3 nitrogen and oxygen atoms in total. The number of nitrogens with one attached hydrogen (secondary N) is 1. The molecule has 0 aliphatic carbocycles. The van der Waals surface area contributed by atoms with Crippen molar-refractivity contribution in [2.24, 2.45) is 7.05 Å². The van der Waals surface area contributed by atoms with Crippen molar-refractivity contribution in [3.63, 3.8) is 0 Å². The van der Waals surface area contributed by atoms with Gasteiger partial charge in [-0.05, 0) is 17.2 Å². The second-order valence-electron chi connectivity index (χ2n) is 6.74. The number of aryl methyl sites for hydroxylation is 1. The molecule has 0 unspecified atom stereocenters. The smallest absolute Gasteiger partial charge is 0.258 e. The van der Waals surface area contributed by atoms with E-state index in [1.165, 1.54) is 0 Å². The Hall–Kier alpha value is -3.59. The Morgan fingerprint density at radius 2 is 1.33 bits per heavy atom. The summed E-state index contributed by atoms with van der Waals surface area (Å²) in [4.78, 5) is 16.3. The molecule has 5 rings (SSSR count). The highest BCUT2D eigenvalue weighted by Gasteiger charge is 2.20. The number of pyridine rings is 1. The van der Waals surface area contributed by atoms with Crippen LogP contribution in [0.25, 0.3) is 44.2 Å². The van der Waals surface area contributed by atoms with Gasteiger partial charge in [-0.1, -0.05) is 78.9 Å². The van der Waals surface area contributed by atoms with Crippen molar-refractivity contribution >= 4 is 21.8 Å². The molecule has 0 fully saturated rings. The molecule has 0 saturated heterocycles. The fraction of sp³-hybridized carbons (Fsp3) is 0.0417. The lowest BCUT2D eigenvalue weighted by Gasteiger charge is -2.13. The molecule has 3 heteroatoms. The molecule has 0 bridgehead atoms. The highest BCUT2D eigenvalue weighted by Crippen LogP contribution is 2.38. The summed E-state index contributed by atoms with van der Waals surface area (Å²) < 4.78 is 2.13. The molecule has 0 aliphatic rings.